The average molecular weight is 614 g/mol. The van der Waals surface area contributed by atoms with Gasteiger partial charge in [0.05, 0.1) is 18.8 Å². The quantitative estimate of drug-likeness (QED) is 0.189. The summed E-state index contributed by atoms with van der Waals surface area (Å²) >= 11 is 0. The number of aryl methyl sites for hydroxylation is 2. The molecule has 4 rings (SSSR count). The fraction of sp³-hybridized carbons (Fsp3) is 0.576. The predicted octanol–water partition coefficient (Wildman–Crippen LogP) is 0.508. The Bertz CT molecular complexity index is 1310. The smallest absolute Gasteiger partial charge is 0.239 e. The summed E-state index contributed by atoms with van der Waals surface area (Å²) in [7, 11) is 3.85. The number of nitrogens with one attached hydrogen (secondary N) is 2. The van der Waals surface area contributed by atoms with E-state index in [1.165, 1.54) is 13.8 Å². The van der Waals surface area contributed by atoms with Crippen LogP contribution in [0.2, 0.25) is 0 Å². The summed E-state index contributed by atoms with van der Waals surface area (Å²) in [5, 5.41) is 48.8. The zero-order valence-electron chi connectivity index (χ0n) is 26.3. The van der Waals surface area contributed by atoms with Crippen molar-refractivity contribution in [1.82, 2.24) is 15.5 Å². The lowest BCUT2D eigenvalue weighted by Gasteiger charge is -2.50. The summed E-state index contributed by atoms with van der Waals surface area (Å²) in [6.07, 6.45) is -2.40. The number of fused-ring (bicyclic) bond motifs is 2. The third-order valence-corrected chi connectivity index (χ3v) is 8.75. The van der Waals surface area contributed by atoms with Crippen LogP contribution >= 0.6 is 0 Å². The second kappa shape index (κ2) is 13.6. The number of hydrogen-bond donors (Lipinski definition) is 6. The lowest BCUT2D eigenvalue weighted by atomic mass is 9.75. The van der Waals surface area contributed by atoms with E-state index in [9.17, 15) is 30.0 Å². The second-order valence-corrected chi connectivity index (χ2v) is 12.8. The minimum Gasteiger partial charge on any atom is -0.387 e. The van der Waals surface area contributed by atoms with E-state index in [-0.39, 0.29) is 25.0 Å². The van der Waals surface area contributed by atoms with E-state index >= 15 is 0 Å². The number of ether oxygens (including phenoxy) is 2. The van der Waals surface area contributed by atoms with E-state index in [4.69, 9.17) is 9.47 Å². The third kappa shape index (κ3) is 7.15. The van der Waals surface area contributed by atoms with Crippen LogP contribution in [-0.2, 0) is 37.7 Å². The molecule has 2 fully saturated rings. The van der Waals surface area contributed by atoms with E-state index < -0.39 is 35.3 Å². The standard InChI is InChI=1S/C33H47N3O8/c1-21-9-14-25(33-30(41)28(39)29(40)32(44-33,20-43-33)31(2,3)42)18-24(21)17-23-12-10-22(11-13-23)7-6-8-26(37)35-19-27(38)34-15-16-36(4)5/h9-14,18,28-30,39-42H,6-8,15-17,19-20H2,1-5H3,(H,34,38)(H,35,37)/t28-,29-,30+,32-,33-/m0/s1. The van der Waals surface area contributed by atoms with Gasteiger partial charge in [0.25, 0.3) is 0 Å². The van der Waals surface area contributed by atoms with Crippen molar-refractivity contribution in [3.8, 4) is 0 Å². The molecule has 11 nitrogen and oxygen atoms in total. The highest BCUT2D eigenvalue weighted by atomic mass is 16.8. The normalized spacial score (nSPS) is 26.5. The Hall–Kier alpha value is -2.90. The Balaban J connectivity index is 1.34. The largest absolute Gasteiger partial charge is 0.387 e. The SMILES string of the molecule is Cc1ccc([C@]23OC[C@](C(C)(C)O)(O2)[C@@H](O)[C@H](O)[C@H]3O)cc1Cc1ccc(CCCC(=O)NCC(=O)NCCN(C)C)cc1. The van der Waals surface area contributed by atoms with E-state index in [1.54, 1.807) is 6.07 Å². The summed E-state index contributed by atoms with van der Waals surface area (Å²) in [5.74, 6) is -2.10. The molecule has 2 aliphatic rings. The minimum absolute atomic E-state index is 0.0251. The molecule has 2 aliphatic heterocycles. The van der Waals surface area contributed by atoms with Crippen LogP contribution in [0.25, 0.3) is 0 Å². The Morgan fingerprint density at radius 1 is 1.00 bits per heavy atom. The number of likely N-dealkylation sites (N-methyl/N-ethyl adjacent to an activating group) is 1. The topological polar surface area (TPSA) is 161 Å². The highest BCUT2D eigenvalue weighted by molar-refractivity contribution is 5.84. The minimum atomic E-state index is -1.74. The number of carbonyl (C=O) groups excluding carboxylic acids is 2. The third-order valence-electron chi connectivity index (χ3n) is 8.75. The maximum Gasteiger partial charge on any atom is 0.239 e. The Morgan fingerprint density at radius 2 is 1.68 bits per heavy atom. The number of amides is 2. The zero-order chi connectivity index (χ0) is 32.3. The molecule has 0 aliphatic carbocycles. The van der Waals surface area contributed by atoms with Crippen molar-refractivity contribution in [1.29, 1.82) is 0 Å². The molecule has 44 heavy (non-hydrogen) atoms. The molecule has 2 heterocycles. The van der Waals surface area contributed by atoms with Crippen molar-refractivity contribution in [3.63, 3.8) is 0 Å². The van der Waals surface area contributed by atoms with Crippen LogP contribution in [-0.4, -0.2) is 107 Å². The predicted molar refractivity (Wildman–Crippen MR) is 164 cm³/mol. The van der Waals surface area contributed by atoms with Crippen molar-refractivity contribution in [3.05, 3.63) is 70.3 Å². The van der Waals surface area contributed by atoms with Gasteiger partial charge in [-0.2, -0.15) is 0 Å². The van der Waals surface area contributed by atoms with Crippen LogP contribution in [0.3, 0.4) is 0 Å². The Kier molecular flexibility index (Phi) is 10.5. The average Bonchev–Trinajstić information content (AvgIpc) is 3.37. The van der Waals surface area contributed by atoms with Crippen LogP contribution in [0.5, 0.6) is 0 Å². The van der Waals surface area contributed by atoms with Gasteiger partial charge in [0.2, 0.25) is 17.6 Å². The fourth-order valence-electron chi connectivity index (χ4n) is 5.81. The first-order valence-electron chi connectivity index (χ1n) is 15.1. The van der Waals surface area contributed by atoms with Crippen LogP contribution in [0, 0.1) is 6.92 Å². The van der Waals surface area contributed by atoms with Gasteiger partial charge in [-0.15, -0.1) is 0 Å². The zero-order valence-corrected chi connectivity index (χ0v) is 26.3. The molecular formula is C33H47N3O8. The molecule has 0 spiro atoms. The molecule has 2 aromatic carbocycles. The van der Waals surface area contributed by atoms with E-state index in [2.05, 4.69) is 10.6 Å². The first-order valence-corrected chi connectivity index (χ1v) is 15.1. The lowest BCUT2D eigenvalue weighted by molar-refractivity contribution is -0.348. The van der Waals surface area contributed by atoms with Gasteiger partial charge in [-0.3, -0.25) is 9.59 Å². The summed E-state index contributed by atoms with van der Waals surface area (Å²) in [4.78, 5) is 25.9. The monoisotopic (exact) mass is 613 g/mol. The fourth-order valence-corrected chi connectivity index (χ4v) is 5.81. The van der Waals surface area contributed by atoms with Gasteiger partial charge < -0.3 is 45.4 Å². The molecule has 242 valence electrons. The number of nitrogens with zero attached hydrogens (tertiary/aromatic N) is 1. The number of rotatable bonds is 13. The van der Waals surface area contributed by atoms with Gasteiger partial charge in [0.1, 0.15) is 18.3 Å². The molecule has 6 N–H and O–H groups in total. The first kappa shape index (κ1) is 34.0. The van der Waals surface area contributed by atoms with Crippen molar-refractivity contribution in [2.75, 3.05) is 40.3 Å². The van der Waals surface area contributed by atoms with Gasteiger partial charge >= 0.3 is 0 Å². The second-order valence-electron chi connectivity index (χ2n) is 12.8. The molecule has 2 amide bonds. The highest BCUT2D eigenvalue weighted by Gasteiger charge is 2.71. The molecule has 11 heteroatoms. The van der Waals surface area contributed by atoms with Gasteiger partial charge in [-0.25, -0.2) is 0 Å². The van der Waals surface area contributed by atoms with Gasteiger partial charge in [0.15, 0.2) is 5.60 Å². The molecule has 0 unspecified atom stereocenters. The molecule has 2 saturated heterocycles. The van der Waals surface area contributed by atoms with Crippen LogP contribution in [0.4, 0.5) is 0 Å². The molecular weight excluding hydrogens is 566 g/mol. The van der Waals surface area contributed by atoms with Gasteiger partial charge in [-0.05, 0) is 82.4 Å². The Morgan fingerprint density at radius 3 is 2.34 bits per heavy atom. The summed E-state index contributed by atoms with van der Waals surface area (Å²) in [6, 6.07) is 13.7. The van der Waals surface area contributed by atoms with Gasteiger partial charge in [0, 0.05) is 25.1 Å². The summed E-state index contributed by atoms with van der Waals surface area (Å²) in [5.41, 5.74) is 1.45. The van der Waals surface area contributed by atoms with E-state index in [0.717, 1.165) is 35.2 Å². The molecule has 2 bridgehead atoms. The maximum absolute atomic E-state index is 12.1. The number of aliphatic hydroxyl groups is 4. The van der Waals surface area contributed by atoms with Crippen molar-refractivity contribution < 1.29 is 39.5 Å². The van der Waals surface area contributed by atoms with E-state index in [1.807, 2.05) is 62.3 Å². The summed E-state index contributed by atoms with van der Waals surface area (Å²) in [6.45, 7) is 5.99. The number of hydrogen-bond acceptors (Lipinski definition) is 9. The number of aliphatic hydroxyl groups excluding tert-OH is 3. The molecule has 0 saturated carbocycles. The number of carbonyl (C=O) groups is 2. The maximum atomic E-state index is 12.1. The lowest BCUT2D eigenvalue weighted by Crippen LogP contribution is -2.70. The van der Waals surface area contributed by atoms with E-state index in [0.29, 0.717) is 31.4 Å². The summed E-state index contributed by atoms with van der Waals surface area (Å²) < 4.78 is 12.2. The van der Waals surface area contributed by atoms with Crippen molar-refractivity contribution in [2.45, 2.75) is 81.8 Å². The highest BCUT2D eigenvalue weighted by Crippen LogP contribution is 2.53. The molecule has 0 aromatic heterocycles. The van der Waals surface area contributed by atoms with Crippen molar-refractivity contribution in [2.24, 2.45) is 0 Å². The molecule has 5 atom stereocenters. The first-order chi connectivity index (χ1) is 20.7. The molecule has 2 aromatic rings. The van der Waals surface area contributed by atoms with Gasteiger partial charge in [-0.1, -0.05) is 36.4 Å². The van der Waals surface area contributed by atoms with Crippen LogP contribution in [0.15, 0.2) is 42.5 Å². The van der Waals surface area contributed by atoms with Crippen LogP contribution in [0.1, 0.15) is 54.5 Å². The molecule has 0 radical (unpaired) electrons. The number of benzene rings is 2. The van der Waals surface area contributed by atoms with Crippen molar-refractivity contribution >= 4 is 11.8 Å². The van der Waals surface area contributed by atoms with Crippen LogP contribution < -0.4 is 10.6 Å². The Labute approximate surface area is 259 Å².